The highest BCUT2D eigenvalue weighted by atomic mass is 32.2. The Morgan fingerprint density at radius 3 is 1.24 bits per heavy atom. The average Bonchev–Trinajstić information content (AvgIpc) is 3.21. The van der Waals surface area contributed by atoms with Crippen molar-refractivity contribution in [3.63, 3.8) is 0 Å². The molecule has 21 heteroatoms. The summed E-state index contributed by atoms with van der Waals surface area (Å²) in [4.78, 5) is 74.1. The molecule has 6 N–H and O–H groups in total. The van der Waals surface area contributed by atoms with Gasteiger partial charge in [0.05, 0.1) is 56.6 Å². The van der Waals surface area contributed by atoms with Crippen LogP contribution in [0.1, 0.15) is 45.6 Å². The minimum Gasteiger partial charge on any atom is -0.380 e. The van der Waals surface area contributed by atoms with Crippen LogP contribution >= 0.6 is 0 Å². The van der Waals surface area contributed by atoms with E-state index in [1.54, 1.807) is 0 Å². The van der Waals surface area contributed by atoms with Crippen LogP contribution in [0.2, 0.25) is 0 Å². The molecule has 0 aliphatic carbocycles. The van der Waals surface area contributed by atoms with Gasteiger partial charge in [0.1, 0.15) is 18.1 Å². The van der Waals surface area contributed by atoms with Crippen molar-refractivity contribution in [2.45, 2.75) is 63.9 Å². The third-order valence-electron chi connectivity index (χ3n) is 9.62. The maximum Gasteiger partial charge on any atom is 0.267 e. The van der Waals surface area contributed by atoms with Crippen LogP contribution in [0.4, 0.5) is 0 Å². The molecule has 0 saturated heterocycles. The Hall–Kier alpha value is -5.29. The monoisotopic (exact) mass is 890 g/mol. The Morgan fingerprint density at radius 2 is 0.919 bits per heavy atom. The Bertz CT molecular complexity index is 1980. The van der Waals surface area contributed by atoms with Crippen LogP contribution in [-0.2, 0) is 58.6 Å². The number of benzene rings is 3. The molecule has 6 amide bonds. The molecular formula is C41H58N6O14S. The summed E-state index contributed by atoms with van der Waals surface area (Å²) in [6.45, 7) is 2.28. The molecule has 3 atom stereocenters. The first-order valence-electron chi connectivity index (χ1n) is 19.8. The van der Waals surface area contributed by atoms with Gasteiger partial charge in [-0.25, -0.2) is 23.6 Å². The number of hydroxylamine groups is 6. The van der Waals surface area contributed by atoms with Crippen LogP contribution in [0.15, 0.2) is 54.6 Å². The first kappa shape index (κ1) is 51.1. The molecule has 0 radical (unpaired) electrons. The highest BCUT2D eigenvalue weighted by Crippen LogP contribution is 2.32. The van der Waals surface area contributed by atoms with Gasteiger partial charge in [0.15, 0.2) is 9.84 Å². The van der Waals surface area contributed by atoms with Crippen molar-refractivity contribution in [3.05, 3.63) is 60.2 Å². The fourth-order valence-corrected chi connectivity index (χ4v) is 8.61. The third-order valence-corrected chi connectivity index (χ3v) is 11.4. The molecule has 20 nitrogen and oxygen atoms in total. The second kappa shape index (κ2) is 23.8. The topological polar surface area (TPSA) is 271 Å². The second-order valence-electron chi connectivity index (χ2n) is 15.2. The summed E-state index contributed by atoms with van der Waals surface area (Å²) in [6.07, 6.45) is -0.793. The summed E-state index contributed by atoms with van der Waals surface area (Å²) in [5.74, 6) is -5.09. The van der Waals surface area contributed by atoms with Crippen molar-refractivity contribution in [2.75, 3.05) is 66.5 Å². The molecule has 0 aromatic heterocycles. The Morgan fingerprint density at radius 1 is 0.597 bits per heavy atom. The molecule has 0 aliphatic heterocycles. The van der Waals surface area contributed by atoms with Gasteiger partial charge in [-0.1, -0.05) is 48.5 Å². The van der Waals surface area contributed by atoms with Crippen LogP contribution in [0.5, 0.6) is 0 Å². The van der Waals surface area contributed by atoms with Crippen LogP contribution in [-0.4, -0.2) is 159 Å². The number of ether oxygens (including phenoxy) is 3. The zero-order valence-corrected chi connectivity index (χ0v) is 36.6. The lowest BCUT2D eigenvalue weighted by molar-refractivity contribution is -0.162. The van der Waals surface area contributed by atoms with E-state index in [0.29, 0.717) is 20.8 Å². The normalized spacial score (nSPS) is 14.0. The largest absolute Gasteiger partial charge is 0.380 e. The number of hydrogen-bond acceptors (Lipinski definition) is 14. The van der Waals surface area contributed by atoms with E-state index in [-0.39, 0.29) is 58.9 Å². The van der Waals surface area contributed by atoms with Gasteiger partial charge in [0.25, 0.3) is 17.7 Å². The lowest BCUT2D eigenvalue weighted by Gasteiger charge is -2.33. The van der Waals surface area contributed by atoms with E-state index in [1.165, 1.54) is 20.8 Å². The standard InChI is InChI=1S/C41H58N6O14S/c1-27(38(51)45(4)54)42-35(48)15-18-59-23-41(24-60-19-16-36(49)43-28(2)39(52)46(5)55,25-61-20-17-37(50)44-29(3)40(53)47(6)56)26-62(57,58)22-34-32-13-9-7-11-30(32)21-31-12-8-10-14-33(31)34/h7-14,21,27-29,54-56H,15-20,22-26H2,1-6H3,(H,42,48)(H,43,49)(H,44,50). The molecule has 3 unspecified atom stereocenters. The highest BCUT2D eigenvalue weighted by molar-refractivity contribution is 7.90. The van der Waals surface area contributed by atoms with E-state index >= 15 is 0 Å². The lowest BCUT2D eigenvalue weighted by Crippen LogP contribution is -2.46. The Labute approximate surface area is 360 Å². The predicted molar refractivity (Wildman–Crippen MR) is 224 cm³/mol. The van der Waals surface area contributed by atoms with E-state index < -0.39 is 80.3 Å². The number of carbonyl (C=O) groups is 6. The molecule has 62 heavy (non-hydrogen) atoms. The van der Waals surface area contributed by atoms with Crippen LogP contribution < -0.4 is 16.0 Å². The molecule has 3 rings (SSSR count). The summed E-state index contributed by atoms with van der Waals surface area (Å²) in [5, 5.41) is 39.8. The zero-order valence-electron chi connectivity index (χ0n) is 35.8. The molecule has 0 bridgehead atoms. The average molecular weight is 891 g/mol. The first-order valence-corrected chi connectivity index (χ1v) is 21.6. The van der Waals surface area contributed by atoms with Gasteiger partial charge < -0.3 is 30.2 Å². The summed E-state index contributed by atoms with van der Waals surface area (Å²) in [6, 6.07) is 13.6. The maximum atomic E-state index is 14.5. The van der Waals surface area contributed by atoms with E-state index in [0.717, 1.165) is 42.7 Å². The van der Waals surface area contributed by atoms with E-state index in [4.69, 9.17) is 14.2 Å². The minimum atomic E-state index is -4.11. The van der Waals surface area contributed by atoms with Crippen LogP contribution in [0.3, 0.4) is 0 Å². The molecule has 3 aromatic rings. The van der Waals surface area contributed by atoms with Gasteiger partial charge in [-0.2, -0.15) is 0 Å². The molecule has 3 aromatic carbocycles. The van der Waals surface area contributed by atoms with E-state index in [9.17, 15) is 52.8 Å². The van der Waals surface area contributed by atoms with E-state index in [2.05, 4.69) is 16.0 Å². The molecule has 342 valence electrons. The van der Waals surface area contributed by atoms with Gasteiger partial charge in [0, 0.05) is 40.4 Å². The summed E-state index contributed by atoms with van der Waals surface area (Å²) in [7, 11) is -0.771. The number of rotatable bonds is 25. The molecular weight excluding hydrogens is 833 g/mol. The summed E-state index contributed by atoms with van der Waals surface area (Å²) < 4.78 is 46.8. The number of amides is 6. The molecule has 0 spiro atoms. The molecule has 0 heterocycles. The highest BCUT2D eigenvalue weighted by Gasteiger charge is 2.38. The minimum absolute atomic E-state index is 0.251. The smallest absolute Gasteiger partial charge is 0.267 e. The second-order valence-corrected chi connectivity index (χ2v) is 17.3. The molecule has 0 saturated carbocycles. The van der Waals surface area contributed by atoms with Gasteiger partial charge in [-0.15, -0.1) is 0 Å². The summed E-state index contributed by atoms with van der Waals surface area (Å²) in [5.41, 5.74) is -0.969. The SMILES string of the molecule is CC(NC(=O)CCOCC(COCCC(=O)NC(C)C(=O)N(C)O)(COCCC(=O)NC(C)C(=O)N(C)O)CS(=O)(=O)Cc1c2ccccc2cc2ccccc12)C(=O)N(C)O. The van der Waals surface area contributed by atoms with Crippen molar-refractivity contribution < 1.29 is 67.0 Å². The van der Waals surface area contributed by atoms with Gasteiger partial charge >= 0.3 is 0 Å². The van der Waals surface area contributed by atoms with Crippen LogP contribution in [0.25, 0.3) is 21.5 Å². The number of nitrogens with one attached hydrogen (secondary N) is 3. The van der Waals surface area contributed by atoms with Crippen molar-refractivity contribution in [2.24, 2.45) is 5.41 Å². The number of likely N-dealkylation sites (N-methyl/N-ethyl adjacent to an activating group) is 3. The fraction of sp³-hybridized carbons (Fsp3) is 0.512. The summed E-state index contributed by atoms with van der Waals surface area (Å²) >= 11 is 0. The van der Waals surface area contributed by atoms with Gasteiger partial charge in [0.2, 0.25) is 17.7 Å². The van der Waals surface area contributed by atoms with Crippen molar-refractivity contribution >= 4 is 66.8 Å². The quantitative estimate of drug-likeness (QED) is 0.0302. The predicted octanol–water partition coefficient (Wildman–Crippen LogP) is 1.17. The first-order chi connectivity index (χ1) is 29.1. The number of carbonyl (C=O) groups excluding carboxylic acids is 6. The van der Waals surface area contributed by atoms with Gasteiger partial charge in [-0.05, 0) is 53.9 Å². The van der Waals surface area contributed by atoms with E-state index in [1.807, 2.05) is 54.6 Å². The number of fused-ring (bicyclic) bond motifs is 2. The van der Waals surface area contributed by atoms with Crippen LogP contribution in [0, 0.1) is 5.41 Å². The van der Waals surface area contributed by atoms with Gasteiger partial charge in [-0.3, -0.25) is 44.4 Å². The fourth-order valence-electron chi connectivity index (χ4n) is 6.58. The molecule has 0 aliphatic rings. The number of hydrogen-bond donors (Lipinski definition) is 6. The molecule has 0 fully saturated rings. The number of sulfone groups is 1. The van der Waals surface area contributed by atoms with Crippen molar-refractivity contribution in [1.82, 2.24) is 31.1 Å². The maximum absolute atomic E-state index is 14.5. The van der Waals surface area contributed by atoms with Crippen molar-refractivity contribution in [3.8, 4) is 0 Å². The third kappa shape index (κ3) is 15.9. The van der Waals surface area contributed by atoms with Crippen molar-refractivity contribution in [1.29, 1.82) is 0 Å². The Balaban J connectivity index is 1.92. The lowest BCUT2D eigenvalue weighted by atomic mass is 9.93. The Kier molecular flexibility index (Phi) is 19.6. The number of nitrogens with zero attached hydrogens (tertiary/aromatic N) is 3. The zero-order chi connectivity index (χ0) is 46.2.